The van der Waals surface area contributed by atoms with Crippen LogP contribution in [0.2, 0.25) is 0 Å². The first-order chi connectivity index (χ1) is 12.6. The summed E-state index contributed by atoms with van der Waals surface area (Å²) in [5, 5.41) is 0. The summed E-state index contributed by atoms with van der Waals surface area (Å²) in [6, 6.07) is 4.66. The first kappa shape index (κ1) is 17.7. The average Bonchev–Trinajstić information content (AvgIpc) is 2.64. The Morgan fingerprint density at radius 2 is 1.58 bits per heavy atom. The normalized spacial score (nSPS) is 23.8. The molecule has 3 heterocycles. The Kier molecular flexibility index (Phi) is 5.14. The van der Waals surface area contributed by atoms with Crippen LogP contribution in [0, 0.1) is 0 Å². The number of aryl methyl sites for hydroxylation is 1. The second-order valence-electron chi connectivity index (χ2n) is 8.07. The highest BCUT2D eigenvalue weighted by atomic mass is 16.2. The average molecular weight is 358 g/mol. The van der Waals surface area contributed by atoms with Crippen molar-refractivity contribution < 1.29 is 4.79 Å². The van der Waals surface area contributed by atoms with Gasteiger partial charge in [-0.1, -0.05) is 19.3 Å². The molecule has 0 unspecified atom stereocenters. The van der Waals surface area contributed by atoms with Gasteiger partial charge in [0.15, 0.2) is 0 Å². The van der Waals surface area contributed by atoms with E-state index >= 15 is 0 Å². The molecule has 6 heteroatoms. The summed E-state index contributed by atoms with van der Waals surface area (Å²) in [5.41, 5.74) is 0.0811. The number of hydrogen-bond acceptors (Lipinski definition) is 4. The van der Waals surface area contributed by atoms with Gasteiger partial charge in [-0.2, -0.15) is 0 Å². The molecular formula is C20H30N4O2. The number of piperazine rings is 1. The molecule has 0 radical (unpaired) electrons. The van der Waals surface area contributed by atoms with Gasteiger partial charge < -0.3 is 9.47 Å². The molecule has 3 fully saturated rings. The quantitative estimate of drug-likeness (QED) is 0.814. The molecule has 2 saturated heterocycles. The number of pyridine rings is 1. The van der Waals surface area contributed by atoms with Crippen LogP contribution >= 0.6 is 0 Å². The molecule has 1 amide bonds. The van der Waals surface area contributed by atoms with Crippen LogP contribution in [0.3, 0.4) is 0 Å². The second-order valence-corrected chi connectivity index (χ2v) is 8.07. The number of rotatable bonds is 3. The SMILES string of the molecule is Cn1cccc(C(=O)N2CC(N3CCN(C4CCCCC4)CC3)C2)c1=O. The van der Waals surface area contributed by atoms with Gasteiger partial charge in [-0.05, 0) is 25.0 Å². The molecule has 1 aromatic rings. The van der Waals surface area contributed by atoms with E-state index in [0.717, 1.165) is 45.3 Å². The first-order valence-corrected chi connectivity index (χ1v) is 10.1. The summed E-state index contributed by atoms with van der Waals surface area (Å²) in [5.74, 6) is -0.122. The van der Waals surface area contributed by atoms with Crippen molar-refractivity contribution in [3.8, 4) is 0 Å². The van der Waals surface area contributed by atoms with E-state index in [1.807, 2.05) is 4.90 Å². The van der Waals surface area contributed by atoms with E-state index in [-0.39, 0.29) is 17.0 Å². The summed E-state index contributed by atoms with van der Waals surface area (Å²) in [6.45, 7) is 6.04. The van der Waals surface area contributed by atoms with E-state index in [4.69, 9.17) is 0 Å². The molecule has 1 aliphatic carbocycles. The highest BCUT2D eigenvalue weighted by molar-refractivity contribution is 5.94. The van der Waals surface area contributed by atoms with Crippen LogP contribution in [-0.2, 0) is 7.05 Å². The largest absolute Gasteiger partial charge is 0.335 e. The van der Waals surface area contributed by atoms with Crippen LogP contribution in [0.1, 0.15) is 42.5 Å². The smallest absolute Gasteiger partial charge is 0.263 e. The lowest BCUT2D eigenvalue weighted by Gasteiger charge is -2.49. The number of carbonyl (C=O) groups excluding carboxylic acids is 1. The Morgan fingerprint density at radius 1 is 0.962 bits per heavy atom. The van der Waals surface area contributed by atoms with Crippen molar-refractivity contribution in [2.24, 2.45) is 7.05 Å². The summed E-state index contributed by atoms with van der Waals surface area (Å²) >= 11 is 0. The van der Waals surface area contributed by atoms with Gasteiger partial charge in [0.1, 0.15) is 5.56 Å². The van der Waals surface area contributed by atoms with Gasteiger partial charge >= 0.3 is 0 Å². The standard InChI is InChI=1S/C20H30N4O2/c1-21-9-5-8-18(19(21)25)20(26)24-14-17(15-24)23-12-10-22(11-13-23)16-6-3-2-4-7-16/h5,8-9,16-17H,2-4,6-7,10-15H2,1H3. The molecule has 0 aromatic carbocycles. The Labute approximate surface area is 155 Å². The van der Waals surface area contributed by atoms with Gasteiger partial charge in [-0.25, -0.2) is 0 Å². The van der Waals surface area contributed by atoms with Crippen molar-refractivity contribution >= 4 is 5.91 Å². The lowest BCUT2D eigenvalue weighted by atomic mass is 9.93. The molecule has 6 nitrogen and oxygen atoms in total. The van der Waals surface area contributed by atoms with Gasteiger partial charge in [-0.15, -0.1) is 0 Å². The topological polar surface area (TPSA) is 48.8 Å². The van der Waals surface area contributed by atoms with E-state index in [0.29, 0.717) is 6.04 Å². The van der Waals surface area contributed by atoms with Gasteiger partial charge in [-0.3, -0.25) is 19.4 Å². The van der Waals surface area contributed by atoms with Crippen LogP contribution < -0.4 is 5.56 Å². The summed E-state index contributed by atoms with van der Waals surface area (Å²) in [7, 11) is 1.68. The molecular weight excluding hydrogens is 328 g/mol. The van der Waals surface area contributed by atoms with Crippen molar-refractivity contribution in [2.75, 3.05) is 39.3 Å². The van der Waals surface area contributed by atoms with E-state index in [1.54, 1.807) is 25.4 Å². The summed E-state index contributed by atoms with van der Waals surface area (Å²) in [4.78, 5) is 31.7. The molecule has 4 rings (SSSR count). The van der Waals surface area contributed by atoms with Gasteiger partial charge in [0, 0.05) is 64.6 Å². The number of amides is 1. The number of aromatic nitrogens is 1. The zero-order valence-corrected chi connectivity index (χ0v) is 15.8. The van der Waals surface area contributed by atoms with E-state index in [9.17, 15) is 9.59 Å². The second kappa shape index (κ2) is 7.53. The summed E-state index contributed by atoms with van der Waals surface area (Å²) < 4.78 is 1.47. The maximum absolute atomic E-state index is 12.6. The number of nitrogens with zero attached hydrogens (tertiary/aromatic N) is 4. The molecule has 0 bridgehead atoms. The van der Waals surface area contributed by atoms with Crippen molar-refractivity contribution in [1.82, 2.24) is 19.3 Å². The molecule has 26 heavy (non-hydrogen) atoms. The minimum atomic E-state index is -0.206. The van der Waals surface area contributed by atoms with Crippen LogP contribution in [0.5, 0.6) is 0 Å². The monoisotopic (exact) mass is 358 g/mol. The first-order valence-electron chi connectivity index (χ1n) is 10.1. The lowest BCUT2D eigenvalue weighted by Crippen LogP contribution is -2.65. The van der Waals surface area contributed by atoms with Crippen molar-refractivity contribution in [1.29, 1.82) is 0 Å². The van der Waals surface area contributed by atoms with Gasteiger partial charge in [0.25, 0.3) is 11.5 Å². The Hall–Kier alpha value is -1.66. The Balaban J connectivity index is 1.27. The highest BCUT2D eigenvalue weighted by Gasteiger charge is 2.37. The maximum Gasteiger partial charge on any atom is 0.263 e. The minimum absolute atomic E-state index is 0.122. The van der Waals surface area contributed by atoms with E-state index in [1.165, 1.54) is 36.7 Å². The van der Waals surface area contributed by atoms with Gasteiger partial charge in [0.2, 0.25) is 0 Å². The van der Waals surface area contributed by atoms with Crippen LogP contribution in [0.4, 0.5) is 0 Å². The predicted octanol–water partition coefficient (Wildman–Crippen LogP) is 1.16. The highest BCUT2D eigenvalue weighted by Crippen LogP contribution is 2.25. The number of hydrogen-bond donors (Lipinski definition) is 0. The summed E-state index contributed by atoms with van der Waals surface area (Å²) in [6.07, 6.45) is 8.62. The maximum atomic E-state index is 12.6. The number of likely N-dealkylation sites (tertiary alicyclic amines) is 1. The van der Waals surface area contributed by atoms with Crippen molar-refractivity contribution in [2.45, 2.75) is 44.2 Å². The van der Waals surface area contributed by atoms with E-state index < -0.39 is 0 Å². The molecule has 2 aliphatic heterocycles. The lowest BCUT2D eigenvalue weighted by molar-refractivity contribution is -0.00272. The molecule has 3 aliphatic rings. The minimum Gasteiger partial charge on any atom is -0.335 e. The molecule has 1 saturated carbocycles. The molecule has 0 spiro atoms. The molecule has 142 valence electrons. The third-order valence-electron chi connectivity index (χ3n) is 6.46. The zero-order valence-electron chi connectivity index (χ0n) is 15.8. The zero-order chi connectivity index (χ0) is 18.1. The van der Waals surface area contributed by atoms with E-state index in [2.05, 4.69) is 9.80 Å². The molecule has 1 aromatic heterocycles. The fourth-order valence-corrected chi connectivity index (χ4v) is 4.70. The van der Waals surface area contributed by atoms with Crippen LogP contribution in [-0.4, -0.2) is 76.5 Å². The van der Waals surface area contributed by atoms with Crippen LogP contribution in [0.25, 0.3) is 0 Å². The predicted molar refractivity (Wildman–Crippen MR) is 101 cm³/mol. The third kappa shape index (κ3) is 3.45. The van der Waals surface area contributed by atoms with Crippen molar-refractivity contribution in [3.05, 3.63) is 34.2 Å². The van der Waals surface area contributed by atoms with Crippen LogP contribution in [0.15, 0.2) is 23.1 Å². The molecule has 0 atom stereocenters. The van der Waals surface area contributed by atoms with Crippen molar-refractivity contribution in [3.63, 3.8) is 0 Å². The Morgan fingerprint density at radius 3 is 2.23 bits per heavy atom. The number of carbonyl (C=O) groups is 1. The fourth-order valence-electron chi connectivity index (χ4n) is 4.70. The van der Waals surface area contributed by atoms with Gasteiger partial charge in [0.05, 0.1) is 0 Å². The fraction of sp³-hybridized carbons (Fsp3) is 0.700. The molecule has 0 N–H and O–H groups in total. The third-order valence-corrected chi connectivity index (χ3v) is 6.46. The Bertz CT molecular complexity index is 696.